The van der Waals surface area contributed by atoms with Gasteiger partial charge in [-0.2, -0.15) is 0 Å². The van der Waals surface area contributed by atoms with Crippen LogP contribution in [0.2, 0.25) is 0 Å². The normalized spacial score (nSPS) is 18.0. The number of Topliss-reactive ketones (excluding diaryl/α,β-unsaturated/α-hetero) is 1. The maximum absolute atomic E-state index is 13.3. The van der Waals surface area contributed by atoms with Gasteiger partial charge in [-0.15, -0.1) is 0 Å². The van der Waals surface area contributed by atoms with Gasteiger partial charge in [-0.3, -0.25) is 14.0 Å². The number of hydrogen-bond acceptors (Lipinski definition) is 6. The van der Waals surface area contributed by atoms with Gasteiger partial charge < -0.3 is 19.6 Å². The fourth-order valence-electron chi connectivity index (χ4n) is 4.31. The number of amides is 1. The monoisotopic (exact) mass is 448 g/mol. The van der Waals surface area contributed by atoms with Crippen molar-refractivity contribution in [1.29, 1.82) is 0 Å². The van der Waals surface area contributed by atoms with Gasteiger partial charge in [-0.25, -0.2) is 4.98 Å². The van der Waals surface area contributed by atoms with Gasteiger partial charge in [0.05, 0.1) is 24.4 Å². The van der Waals surface area contributed by atoms with Crippen LogP contribution in [0.5, 0.6) is 5.75 Å². The number of ether oxygens (including phenoxy) is 1. The van der Waals surface area contributed by atoms with Gasteiger partial charge in [0.2, 0.25) is 0 Å². The fourth-order valence-corrected chi connectivity index (χ4v) is 4.31. The van der Waals surface area contributed by atoms with Gasteiger partial charge in [0.15, 0.2) is 5.76 Å². The molecule has 0 unspecified atom stereocenters. The second-order valence-electron chi connectivity index (χ2n) is 8.50. The first-order valence-electron chi connectivity index (χ1n) is 10.8. The Labute approximate surface area is 192 Å². The van der Waals surface area contributed by atoms with Gasteiger partial charge in [-0.05, 0) is 57.3 Å². The molecule has 1 aliphatic rings. The van der Waals surface area contributed by atoms with Gasteiger partial charge in [-0.1, -0.05) is 18.2 Å². The summed E-state index contributed by atoms with van der Waals surface area (Å²) in [4.78, 5) is 34.4. The molecule has 0 saturated carbocycles. The Morgan fingerprint density at radius 1 is 1.18 bits per heavy atom. The maximum Gasteiger partial charge on any atom is 0.295 e. The minimum Gasteiger partial charge on any atom is -0.505 e. The van der Waals surface area contributed by atoms with Crippen LogP contribution in [0.25, 0.3) is 11.4 Å². The standard InChI is InChI=1S/C25H28N4O4/c1-15-8-7-11-28-20(16(2)26-24(15)28)22(30)19-21(17-9-6-10-18(14-17)33-5)29(13-12-27(3)4)25(32)23(19)31/h6-11,14,21,30H,12-13H2,1-5H3/b22-19+/t21-/m1/s1. The molecule has 1 amide bonds. The lowest BCUT2D eigenvalue weighted by Gasteiger charge is -2.26. The van der Waals surface area contributed by atoms with Crippen LogP contribution in [0, 0.1) is 13.8 Å². The zero-order valence-electron chi connectivity index (χ0n) is 19.5. The van der Waals surface area contributed by atoms with E-state index >= 15 is 0 Å². The van der Waals surface area contributed by atoms with E-state index in [4.69, 9.17) is 4.74 Å². The molecule has 1 aromatic carbocycles. The molecular formula is C25H28N4O4. The Bertz CT molecular complexity index is 1270. The first kappa shape index (κ1) is 22.5. The van der Waals surface area contributed by atoms with Gasteiger partial charge in [0, 0.05) is 19.3 Å². The number of aryl methyl sites for hydroxylation is 2. The molecule has 1 N–H and O–H groups in total. The molecule has 0 bridgehead atoms. The number of likely N-dealkylation sites (tertiary alicyclic amines) is 1. The molecule has 4 rings (SSSR count). The summed E-state index contributed by atoms with van der Waals surface area (Å²) in [7, 11) is 5.37. The molecule has 1 aliphatic heterocycles. The number of fused-ring (bicyclic) bond motifs is 1. The first-order valence-corrected chi connectivity index (χ1v) is 10.8. The number of carbonyl (C=O) groups is 2. The van der Waals surface area contributed by atoms with Crippen LogP contribution < -0.4 is 4.74 Å². The first-order chi connectivity index (χ1) is 15.7. The van der Waals surface area contributed by atoms with Crippen LogP contribution in [-0.2, 0) is 9.59 Å². The maximum atomic E-state index is 13.3. The topological polar surface area (TPSA) is 87.4 Å². The van der Waals surface area contributed by atoms with Gasteiger partial charge in [0.25, 0.3) is 11.7 Å². The molecule has 0 radical (unpaired) electrons. The number of ketones is 1. The van der Waals surface area contributed by atoms with E-state index in [2.05, 4.69) is 4.98 Å². The molecule has 3 heterocycles. The van der Waals surface area contributed by atoms with Crippen molar-refractivity contribution < 1.29 is 19.4 Å². The van der Waals surface area contributed by atoms with E-state index < -0.39 is 17.7 Å². The average molecular weight is 449 g/mol. The molecular weight excluding hydrogens is 420 g/mol. The molecule has 33 heavy (non-hydrogen) atoms. The number of pyridine rings is 1. The Morgan fingerprint density at radius 2 is 1.94 bits per heavy atom. The van der Waals surface area contributed by atoms with Gasteiger partial charge >= 0.3 is 0 Å². The van der Waals surface area contributed by atoms with E-state index in [1.165, 1.54) is 4.90 Å². The third-order valence-electron chi connectivity index (χ3n) is 5.98. The molecule has 3 aromatic rings. The number of imidazole rings is 1. The number of rotatable bonds is 6. The van der Waals surface area contributed by atoms with Crippen molar-refractivity contribution >= 4 is 23.1 Å². The summed E-state index contributed by atoms with van der Waals surface area (Å²) in [6, 6.07) is 10.3. The van der Waals surface area contributed by atoms with Crippen molar-refractivity contribution in [2.75, 3.05) is 34.3 Å². The highest BCUT2D eigenvalue weighted by molar-refractivity contribution is 6.46. The highest BCUT2D eigenvalue weighted by Gasteiger charge is 2.46. The van der Waals surface area contributed by atoms with Crippen LogP contribution in [0.4, 0.5) is 0 Å². The lowest BCUT2D eigenvalue weighted by molar-refractivity contribution is -0.140. The van der Waals surface area contributed by atoms with Crippen LogP contribution >= 0.6 is 0 Å². The van der Waals surface area contributed by atoms with Crippen molar-refractivity contribution in [1.82, 2.24) is 19.2 Å². The number of carbonyl (C=O) groups excluding carboxylic acids is 2. The largest absolute Gasteiger partial charge is 0.505 e. The molecule has 1 atom stereocenters. The lowest BCUT2D eigenvalue weighted by atomic mass is 9.96. The van der Waals surface area contributed by atoms with E-state index in [-0.39, 0.29) is 11.3 Å². The summed E-state index contributed by atoms with van der Waals surface area (Å²) < 4.78 is 7.13. The number of nitrogens with zero attached hydrogens (tertiary/aromatic N) is 4. The number of aromatic nitrogens is 2. The third-order valence-corrected chi connectivity index (χ3v) is 5.98. The smallest absolute Gasteiger partial charge is 0.295 e. The second kappa shape index (κ2) is 8.71. The van der Waals surface area contributed by atoms with Crippen molar-refractivity contribution in [3.05, 3.63) is 70.7 Å². The number of aliphatic hydroxyl groups excluding tert-OH is 1. The van der Waals surface area contributed by atoms with E-state index in [0.29, 0.717) is 41.4 Å². The Hall–Kier alpha value is -3.65. The minimum atomic E-state index is -0.741. The predicted molar refractivity (Wildman–Crippen MR) is 125 cm³/mol. The SMILES string of the molecule is COc1cccc([C@@H]2/C(=C(\O)c3c(C)nc4c(C)cccn34)C(=O)C(=O)N2CCN(C)C)c1. The molecule has 1 fully saturated rings. The number of hydrogen-bond donors (Lipinski definition) is 1. The molecule has 2 aromatic heterocycles. The number of likely N-dealkylation sites (N-methyl/N-ethyl adjacent to an activating group) is 1. The van der Waals surface area contributed by atoms with Crippen molar-refractivity contribution in [3.63, 3.8) is 0 Å². The average Bonchev–Trinajstić information content (AvgIpc) is 3.26. The summed E-state index contributed by atoms with van der Waals surface area (Å²) >= 11 is 0. The molecule has 172 valence electrons. The summed E-state index contributed by atoms with van der Waals surface area (Å²) in [5.41, 5.74) is 3.36. The highest BCUT2D eigenvalue weighted by atomic mass is 16.5. The van der Waals surface area contributed by atoms with Crippen LogP contribution in [0.3, 0.4) is 0 Å². The third kappa shape index (κ3) is 3.87. The van der Waals surface area contributed by atoms with Crippen molar-refractivity contribution in [2.24, 2.45) is 0 Å². The summed E-state index contributed by atoms with van der Waals surface area (Å²) in [6.45, 7) is 4.62. The number of methoxy groups -OCH3 is 1. The molecule has 0 spiro atoms. The Kier molecular flexibility index (Phi) is 5.95. The highest BCUT2D eigenvalue weighted by Crippen LogP contribution is 2.40. The zero-order chi connectivity index (χ0) is 23.9. The molecule has 1 saturated heterocycles. The number of aliphatic hydroxyl groups is 1. The molecule has 8 heteroatoms. The van der Waals surface area contributed by atoms with Crippen molar-refractivity contribution in [2.45, 2.75) is 19.9 Å². The van der Waals surface area contributed by atoms with Crippen LogP contribution in [0.15, 0.2) is 48.2 Å². The van der Waals surface area contributed by atoms with E-state index in [9.17, 15) is 14.7 Å². The number of benzene rings is 1. The fraction of sp³-hybridized carbons (Fsp3) is 0.320. The minimum absolute atomic E-state index is 0.0541. The second-order valence-corrected chi connectivity index (χ2v) is 8.50. The van der Waals surface area contributed by atoms with Gasteiger partial charge in [0.1, 0.15) is 17.1 Å². The van der Waals surface area contributed by atoms with Crippen molar-refractivity contribution in [3.8, 4) is 5.75 Å². The quantitative estimate of drug-likeness (QED) is 0.354. The van der Waals surface area contributed by atoms with E-state index in [1.54, 1.807) is 36.8 Å². The Balaban J connectivity index is 1.95. The Morgan fingerprint density at radius 3 is 2.64 bits per heavy atom. The molecule has 8 nitrogen and oxygen atoms in total. The summed E-state index contributed by atoms with van der Waals surface area (Å²) in [6.07, 6.45) is 1.79. The van der Waals surface area contributed by atoms with E-state index in [0.717, 1.165) is 5.56 Å². The molecule has 0 aliphatic carbocycles. The zero-order valence-corrected chi connectivity index (χ0v) is 19.5. The summed E-state index contributed by atoms with van der Waals surface area (Å²) in [5, 5.41) is 11.5. The lowest BCUT2D eigenvalue weighted by Crippen LogP contribution is -2.35. The predicted octanol–water partition coefficient (Wildman–Crippen LogP) is 2.94. The van der Waals surface area contributed by atoms with Crippen LogP contribution in [-0.4, -0.2) is 70.3 Å². The van der Waals surface area contributed by atoms with Crippen LogP contribution in [0.1, 0.15) is 28.6 Å². The van der Waals surface area contributed by atoms with E-state index in [1.807, 2.05) is 50.2 Å². The summed E-state index contributed by atoms with van der Waals surface area (Å²) in [5.74, 6) is -0.966.